The molecule has 0 aliphatic rings. The van der Waals surface area contributed by atoms with Crippen LogP contribution in [0.1, 0.15) is 0 Å². The van der Waals surface area contributed by atoms with Crippen LogP contribution >= 0.6 is 0 Å². The van der Waals surface area contributed by atoms with Gasteiger partial charge in [-0.2, -0.15) is 0 Å². The normalized spacial score (nSPS) is 6.36. The fourth-order valence-corrected chi connectivity index (χ4v) is 0.0630. The molecule has 0 aromatic carbocycles. The first-order chi connectivity index (χ1) is 5.13. The van der Waals surface area contributed by atoms with Gasteiger partial charge in [-0.05, 0) is 0 Å². The predicted octanol–water partition coefficient (Wildman–Crippen LogP) is -1.21. The first kappa shape index (κ1) is 12.6. The third-order valence-corrected chi connectivity index (χ3v) is 0.307. The zero-order valence-electron chi connectivity index (χ0n) is 4.82. The zero-order valence-corrected chi connectivity index (χ0v) is 5.98. The van der Waals surface area contributed by atoms with Gasteiger partial charge in [0.15, 0.2) is 0 Å². The van der Waals surface area contributed by atoms with E-state index >= 15 is 0 Å². The van der Waals surface area contributed by atoms with Crippen molar-refractivity contribution in [2.75, 3.05) is 0 Å². The number of carbonyl (C=O) groups excluding carboxylic acids is 2. The summed E-state index contributed by atoms with van der Waals surface area (Å²) in [5.41, 5.74) is 0. The van der Waals surface area contributed by atoms with E-state index in [-0.39, 0.29) is 0 Å². The van der Waals surface area contributed by atoms with Gasteiger partial charge in [-0.3, -0.25) is 0 Å². The molecule has 0 heterocycles. The summed E-state index contributed by atoms with van der Waals surface area (Å²) in [5, 5.41) is 0. The second-order valence-electron chi connectivity index (χ2n) is 0.835. The molecule has 0 atom stereocenters. The van der Waals surface area contributed by atoms with Crippen molar-refractivity contribution in [3.05, 3.63) is 0 Å². The van der Waals surface area contributed by atoms with Crippen molar-refractivity contribution in [2.45, 2.75) is 0 Å². The van der Waals surface area contributed by atoms with Crippen LogP contribution in [0.5, 0.6) is 0 Å². The summed E-state index contributed by atoms with van der Waals surface area (Å²) in [6.07, 6.45) is 0. The van der Waals surface area contributed by atoms with E-state index in [1.807, 2.05) is 0 Å². The molecular formula is C2HAlF2O6. The Kier molecular flexibility index (Phi) is 10.2. The number of carbonyl (C=O) groups is 2. The van der Waals surface area contributed by atoms with E-state index < -0.39 is 27.4 Å². The fraction of sp³-hybridized carbons (Fsp3) is 0. The maximum absolute atomic E-state index is 10.5. The summed E-state index contributed by atoms with van der Waals surface area (Å²) in [6, 6.07) is 0. The molecule has 0 aliphatic heterocycles. The third-order valence-electron chi connectivity index (χ3n) is 0.307. The van der Waals surface area contributed by atoms with Gasteiger partial charge in [0.05, 0.1) is 0 Å². The summed E-state index contributed by atoms with van der Waals surface area (Å²) in [6.45, 7) is 0. The molecule has 0 aliphatic carbocycles. The van der Waals surface area contributed by atoms with Crippen molar-refractivity contribution in [1.29, 1.82) is 0 Å². The van der Waals surface area contributed by atoms with Crippen LogP contribution in [0, 0.1) is 0 Å². The van der Waals surface area contributed by atoms with Crippen molar-refractivity contribution in [2.24, 2.45) is 0 Å². The Balaban J connectivity index is 0. The van der Waals surface area contributed by atoms with Gasteiger partial charge in [-0.1, -0.05) is 0 Å². The van der Waals surface area contributed by atoms with Crippen molar-refractivity contribution in [3.63, 3.8) is 0 Å². The minimum absolute atomic E-state index is 1.50. The molecule has 9 heteroatoms. The molecule has 0 saturated heterocycles. The van der Waals surface area contributed by atoms with E-state index in [0.29, 0.717) is 0 Å². The van der Waals surface area contributed by atoms with Crippen molar-refractivity contribution >= 4 is 27.4 Å². The Morgan fingerprint density at radius 3 is 1.45 bits per heavy atom. The summed E-state index contributed by atoms with van der Waals surface area (Å²) in [7, 11) is 0. The molecule has 1 N–H and O–H groups in total. The van der Waals surface area contributed by atoms with Gasteiger partial charge in [0, 0.05) is 9.05 Å². The Morgan fingerprint density at radius 1 is 1.18 bits per heavy atom. The van der Waals surface area contributed by atoms with Crippen molar-refractivity contribution in [3.8, 4) is 0 Å². The summed E-state index contributed by atoms with van der Waals surface area (Å²) in [4.78, 5) is 23.4. The molecule has 0 spiro atoms. The maximum atomic E-state index is 10.5. The van der Waals surface area contributed by atoms with Gasteiger partial charge in [-0.15, -0.1) is 0 Å². The second kappa shape index (κ2) is 8.93. The van der Waals surface area contributed by atoms with Gasteiger partial charge >= 0.3 is 35.4 Å². The first-order valence-electron chi connectivity index (χ1n) is 1.87. The SMILES string of the molecule is O=C(OF)C(=O)OF.[O]=[Al][OH]. The van der Waals surface area contributed by atoms with E-state index in [1.165, 1.54) is 0 Å². The monoisotopic (exact) mass is 186 g/mol. The first-order valence-corrected chi connectivity index (χ1v) is 2.86. The van der Waals surface area contributed by atoms with E-state index in [1.54, 1.807) is 0 Å². The number of rotatable bonds is 0. The van der Waals surface area contributed by atoms with E-state index in [4.69, 9.17) is 7.96 Å². The Labute approximate surface area is 64.8 Å². The molecule has 62 valence electrons. The van der Waals surface area contributed by atoms with Crippen LogP contribution < -0.4 is 0 Å². The summed E-state index contributed by atoms with van der Waals surface area (Å²) >= 11 is -1.50. The minimum atomic E-state index is -2.02. The Hall–Kier alpha value is -1.07. The Morgan fingerprint density at radius 2 is 1.36 bits per heavy atom. The van der Waals surface area contributed by atoms with Crippen LogP contribution in [0.4, 0.5) is 9.05 Å². The molecule has 0 aromatic rings. The van der Waals surface area contributed by atoms with E-state index in [0.717, 1.165) is 0 Å². The van der Waals surface area contributed by atoms with E-state index in [2.05, 4.69) is 9.88 Å². The summed E-state index contributed by atoms with van der Waals surface area (Å²) < 4.78 is 36.7. The van der Waals surface area contributed by atoms with Crippen LogP contribution in [-0.4, -0.2) is 31.6 Å². The molecule has 0 unspecified atom stereocenters. The van der Waals surface area contributed by atoms with Crippen LogP contribution in [-0.2, 0) is 23.3 Å². The molecule has 0 fully saturated rings. The third kappa shape index (κ3) is 8.93. The van der Waals surface area contributed by atoms with E-state index in [9.17, 15) is 18.6 Å². The molecule has 0 bridgehead atoms. The van der Waals surface area contributed by atoms with Gasteiger partial charge in [0.2, 0.25) is 0 Å². The molecule has 0 radical (unpaired) electrons. The number of halogens is 2. The van der Waals surface area contributed by atoms with Crippen LogP contribution in [0.25, 0.3) is 0 Å². The fourth-order valence-electron chi connectivity index (χ4n) is 0.0630. The predicted molar refractivity (Wildman–Crippen MR) is 23.1 cm³/mol. The van der Waals surface area contributed by atoms with Gasteiger partial charge < -0.3 is 0 Å². The van der Waals surface area contributed by atoms with Crippen LogP contribution in [0.3, 0.4) is 0 Å². The summed E-state index contributed by atoms with van der Waals surface area (Å²) in [5.74, 6) is -4.04. The zero-order chi connectivity index (χ0) is 9.28. The Bertz CT molecular complexity index is 134. The van der Waals surface area contributed by atoms with Gasteiger partial charge in [0.25, 0.3) is 0 Å². The number of hydrogen-bond acceptors (Lipinski definition) is 5. The molecule has 0 saturated carbocycles. The van der Waals surface area contributed by atoms with Crippen LogP contribution in [0.2, 0.25) is 0 Å². The van der Waals surface area contributed by atoms with Crippen molar-refractivity contribution < 1.29 is 36.5 Å². The second-order valence-corrected chi connectivity index (χ2v) is 1.05. The molecule has 6 nitrogen and oxygen atoms in total. The molecular weight excluding hydrogens is 185 g/mol. The molecule has 11 heavy (non-hydrogen) atoms. The standard InChI is InChI=1S/C2F2O4.Al.H2O.O/c3-7-1(5)2(6)8-4;;;/h;;1H2;/q;+1;;/p-1. The van der Waals surface area contributed by atoms with Gasteiger partial charge in [0.1, 0.15) is 0 Å². The van der Waals surface area contributed by atoms with Gasteiger partial charge in [-0.25, -0.2) is 19.5 Å². The molecule has 0 amide bonds. The quantitative estimate of drug-likeness (QED) is 0.377. The topological polar surface area (TPSA) is 89.9 Å². The van der Waals surface area contributed by atoms with Crippen LogP contribution in [0.15, 0.2) is 0 Å². The average Bonchev–Trinajstić information content (AvgIpc) is 2.03. The number of hydrogen-bond donors (Lipinski definition) is 1. The van der Waals surface area contributed by atoms with Crippen molar-refractivity contribution in [1.82, 2.24) is 0 Å². The molecule has 0 rings (SSSR count). The molecule has 0 aromatic heterocycles. The average molecular weight is 186 g/mol.